The Morgan fingerprint density at radius 1 is 1.35 bits per heavy atom. The maximum atomic E-state index is 12.6. The van der Waals surface area contributed by atoms with Crippen LogP contribution in [0.25, 0.3) is 0 Å². The molecule has 1 aromatic carbocycles. The van der Waals surface area contributed by atoms with Crippen molar-refractivity contribution in [3.05, 3.63) is 35.9 Å². The van der Waals surface area contributed by atoms with E-state index in [2.05, 4.69) is 4.99 Å². The van der Waals surface area contributed by atoms with Crippen LogP contribution in [-0.2, 0) is 14.6 Å². The Kier molecular flexibility index (Phi) is 4.51. The van der Waals surface area contributed by atoms with Crippen molar-refractivity contribution in [2.75, 3.05) is 18.6 Å². The first-order valence-corrected chi connectivity index (χ1v) is 10.4. The molecule has 0 spiro atoms. The van der Waals surface area contributed by atoms with Crippen molar-refractivity contribution >= 4 is 32.7 Å². The lowest BCUT2D eigenvalue weighted by atomic mass is 9.96. The van der Waals surface area contributed by atoms with Gasteiger partial charge in [-0.3, -0.25) is 4.79 Å². The highest BCUT2D eigenvalue weighted by atomic mass is 32.2. The molecule has 0 radical (unpaired) electrons. The van der Waals surface area contributed by atoms with E-state index in [-0.39, 0.29) is 34.6 Å². The molecule has 3 atom stereocenters. The highest BCUT2D eigenvalue weighted by molar-refractivity contribution is 8.15. The highest BCUT2D eigenvalue weighted by Crippen LogP contribution is 2.37. The van der Waals surface area contributed by atoms with Gasteiger partial charge < -0.3 is 4.90 Å². The minimum atomic E-state index is -2.96. The molecule has 0 bridgehead atoms. The smallest absolute Gasteiger partial charge is 0.255 e. The van der Waals surface area contributed by atoms with Crippen LogP contribution < -0.4 is 0 Å². The van der Waals surface area contributed by atoms with Crippen molar-refractivity contribution in [1.82, 2.24) is 4.90 Å². The summed E-state index contributed by atoms with van der Waals surface area (Å²) in [7, 11) is -1.13. The Hall–Kier alpha value is -1.34. The van der Waals surface area contributed by atoms with Crippen LogP contribution in [0.3, 0.4) is 0 Å². The fourth-order valence-corrected chi connectivity index (χ4v) is 7.15. The SMILES string of the molecule is CC[C@H](C(=O)N=C1S[C@H]2CS(=O)(=O)C[C@H]2N1C)c1ccccc1. The normalized spacial score (nSPS) is 28.8. The first-order chi connectivity index (χ1) is 10.9. The summed E-state index contributed by atoms with van der Waals surface area (Å²) in [5, 5.41) is 0.641. The zero-order valence-electron chi connectivity index (χ0n) is 13.2. The van der Waals surface area contributed by atoms with E-state index < -0.39 is 9.84 Å². The van der Waals surface area contributed by atoms with Gasteiger partial charge >= 0.3 is 0 Å². The summed E-state index contributed by atoms with van der Waals surface area (Å²) in [5.74, 6) is -0.0715. The van der Waals surface area contributed by atoms with E-state index in [4.69, 9.17) is 0 Å². The fourth-order valence-electron chi connectivity index (χ4n) is 3.15. The second-order valence-corrected chi connectivity index (χ2v) is 9.38. The molecule has 2 saturated heterocycles. The maximum absolute atomic E-state index is 12.6. The Balaban J connectivity index is 1.78. The number of fused-ring (bicyclic) bond motifs is 1. The summed E-state index contributed by atoms with van der Waals surface area (Å²) in [6.45, 7) is 1.97. The van der Waals surface area contributed by atoms with Gasteiger partial charge in [-0.1, -0.05) is 49.0 Å². The molecule has 7 heteroatoms. The number of rotatable bonds is 3. The summed E-state index contributed by atoms with van der Waals surface area (Å²) >= 11 is 1.42. The number of aliphatic imine (C=N–C) groups is 1. The van der Waals surface area contributed by atoms with Crippen LogP contribution in [0.1, 0.15) is 24.8 Å². The number of hydrogen-bond donors (Lipinski definition) is 0. The second-order valence-electron chi connectivity index (χ2n) is 6.02. The third kappa shape index (κ3) is 3.30. The minimum absolute atomic E-state index is 0.00616. The number of thioether (sulfide) groups is 1. The van der Waals surface area contributed by atoms with Crippen LogP contribution in [0, 0.1) is 0 Å². The van der Waals surface area contributed by atoms with Crippen LogP contribution >= 0.6 is 11.8 Å². The van der Waals surface area contributed by atoms with Crippen molar-refractivity contribution in [3.8, 4) is 0 Å². The molecule has 0 aromatic heterocycles. The molecule has 2 heterocycles. The van der Waals surface area contributed by atoms with E-state index in [9.17, 15) is 13.2 Å². The van der Waals surface area contributed by atoms with E-state index in [1.54, 1.807) is 0 Å². The van der Waals surface area contributed by atoms with Crippen LogP contribution in [0.5, 0.6) is 0 Å². The molecule has 2 fully saturated rings. The van der Waals surface area contributed by atoms with E-state index in [0.717, 1.165) is 5.56 Å². The molecular weight excluding hydrogens is 332 g/mol. The number of carbonyl (C=O) groups excluding carboxylic acids is 1. The lowest BCUT2D eigenvalue weighted by Crippen LogP contribution is -2.34. The number of amides is 1. The van der Waals surface area contributed by atoms with Crippen molar-refractivity contribution in [1.29, 1.82) is 0 Å². The Morgan fingerprint density at radius 3 is 2.65 bits per heavy atom. The molecule has 0 saturated carbocycles. The lowest BCUT2D eigenvalue weighted by Gasteiger charge is -2.18. The van der Waals surface area contributed by atoms with Gasteiger partial charge in [-0.2, -0.15) is 4.99 Å². The average Bonchev–Trinajstić information content (AvgIpc) is 2.95. The van der Waals surface area contributed by atoms with Crippen molar-refractivity contribution in [3.63, 3.8) is 0 Å². The number of amidine groups is 1. The standard InChI is InChI=1S/C16H20N2O3S2/c1-3-12(11-7-5-4-6-8-11)15(19)17-16-18(2)13-9-23(20,21)10-14(13)22-16/h4-8,12-14H,3,9-10H2,1-2H3/t12-,13+,14-/m0/s1. The van der Waals surface area contributed by atoms with Crippen molar-refractivity contribution in [2.45, 2.75) is 30.6 Å². The molecule has 3 rings (SSSR count). The summed E-state index contributed by atoms with van der Waals surface area (Å²) in [5.41, 5.74) is 0.970. The summed E-state index contributed by atoms with van der Waals surface area (Å²) in [6.07, 6.45) is 0.690. The van der Waals surface area contributed by atoms with E-state index in [1.807, 2.05) is 49.2 Å². The van der Waals surface area contributed by atoms with Gasteiger partial charge in [-0.25, -0.2) is 8.42 Å². The van der Waals surface area contributed by atoms with E-state index in [1.165, 1.54) is 11.8 Å². The maximum Gasteiger partial charge on any atom is 0.255 e. The largest absolute Gasteiger partial charge is 0.349 e. The predicted octanol–water partition coefficient (Wildman–Crippen LogP) is 1.91. The molecule has 1 amide bonds. The number of carbonyl (C=O) groups is 1. The van der Waals surface area contributed by atoms with Crippen molar-refractivity contribution < 1.29 is 13.2 Å². The van der Waals surface area contributed by atoms with Crippen LogP contribution in [0.2, 0.25) is 0 Å². The van der Waals surface area contributed by atoms with E-state index >= 15 is 0 Å². The van der Waals surface area contributed by atoms with Gasteiger partial charge in [0, 0.05) is 12.3 Å². The summed E-state index contributed by atoms with van der Waals surface area (Å²) < 4.78 is 23.4. The molecule has 0 unspecified atom stereocenters. The minimum Gasteiger partial charge on any atom is -0.349 e. The molecule has 1 aromatic rings. The Morgan fingerprint density at radius 2 is 2.04 bits per heavy atom. The molecule has 5 nitrogen and oxygen atoms in total. The van der Waals surface area contributed by atoms with Crippen LogP contribution in [0.4, 0.5) is 0 Å². The predicted molar refractivity (Wildman–Crippen MR) is 93.5 cm³/mol. The average molecular weight is 352 g/mol. The van der Waals surface area contributed by atoms with Crippen LogP contribution in [-0.4, -0.2) is 54.2 Å². The molecule has 2 aliphatic heterocycles. The summed E-state index contributed by atoms with van der Waals surface area (Å²) in [6, 6.07) is 9.59. The molecule has 23 heavy (non-hydrogen) atoms. The van der Waals surface area contributed by atoms with Gasteiger partial charge in [0.2, 0.25) is 0 Å². The first kappa shape index (κ1) is 16.5. The zero-order chi connectivity index (χ0) is 16.6. The van der Waals surface area contributed by atoms with Gasteiger partial charge in [-0.15, -0.1) is 0 Å². The third-order valence-electron chi connectivity index (χ3n) is 4.44. The molecule has 0 aliphatic carbocycles. The van der Waals surface area contributed by atoms with Gasteiger partial charge in [0.05, 0.1) is 23.5 Å². The second kappa shape index (κ2) is 6.28. The zero-order valence-corrected chi connectivity index (χ0v) is 14.8. The Labute approximate surface area is 141 Å². The quantitative estimate of drug-likeness (QED) is 0.831. The van der Waals surface area contributed by atoms with Gasteiger partial charge in [0.25, 0.3) is 5.91 Å². The lowest BCUT2D eigenvalue weighted by molar-refractivity contribution is -0.119. The highest BCUT2D eigenvalue weighted by Gasteiger charge is 2.47. The molecule has 2 aliphatic rings. The van der Waals surface area contributed by atoms with E-state index in [0.29, 0.717) is 11.6 Å². The number of benzene rings is 1. The molecule has 0 N–H and O–H groups in total. The monoisotopic (exact) mass is 352 g/mol. The van der Waals surface area contributed by atoms with Crippen molar-refractivity contribution in [2.24, 2.45) is 4.99 Å². The van der Waals surface area contributed by atoms with Gasteiger partial charge in [0.1, 0.15) is 0 Å². The fraction of sp³-hybridized carbons (Fsp3) is 0.500. The van der Waals surface area contributed by atoms with Gasteiger partial charge in [0.15, 0.2) is 15.0 Å². The Bertz CT molecular complexity index is 731. The molecular formula is C16H20N2O3S2. The number of nitrogens with zero attached hydrogens (tertiary/aromatic N) is 2. The van der Waals surface area contributed by atoms with Crippen LogP contribution in [0.15, 0.2) is 35.3 Å². The third-order valence-corrected chi connectivity index (χ3v) is 7.74. The molecule has 124 valence electrons. The first-order valence-electron chi connectivity index (χ1n) is 7.68. The van der Waals surface area contributed by atoms with Gasteiger partial charge in [-0.05, 0) is 12.0 Å². The number of hydrogen-bond acceptors (Lipinski definition) is 4. The topological polar surface area (TPSA) is 66.8 Å². The summed E-state index contributed by atoms with van der Waals surface area (Å²) in [4.78, 5) is 18.7. The number of sulfone groups is 1.